The lowest BCUT2D eigenvalue weighted by atomic mass is 10.3. The quantitative estimate of drug-likeness (QED) is 0.691. The third-order valence-corrected chi connectivity index (χ3v) is 4.97. The summed E-state index contributed by atoms with van der Waals surface area (Å²) in [6, 6.07) is 20.8. The number of hydrogen-bond acceptors (Lipinski definition) is 2. The van der Waals surface area contributed by atoms with Crippen LogP contribution in [0.2, 0.25) is 0 Å². The summed E-state index contributed by atoms with van der Waals surface area (Å²) >= 11 is 3.88. The molecular weight excluding hydrogens is 268 g/mol. The molecule has 1 fully saturated rings. The van der Waals surface area contributed by atoms with E-state index in [1.165, 1.54) is 40.6 Å². The summed E-state index contributed by atoms with van der Waals surface area (Å²) < 4.78 is 0. The van der Waals surface area contributed by atoms with Crippen molar-refractivity contribution in [2.45, 2.75) is 29.1 Å². The molecule has 0 radical (unpaired) electrons. The van der Waals surface area contributed by atoms with Gasteiger partial charge in [0.1, 0.15) is 0 Å². The summed E-state index contributed by atoms with van der Waals surface area (Å²) in [5.74, 6) is 2.83. The van der Waals surface area contributed by atoms with Crippen LogP contribution >= 0.6 is 23.5 Å². The summed E-state index contributed by atoms with van der Waals surface area (Å²) in [6.07, 6.45) is 4.41. The SMILES string of the molecule is C1CCSCC1.c1ccc(Sc2ccccc2)cc1. The van der Waals surface area contributed by atoms with Gasteiger partial charge in [0.2, 0.25) is 0 Å². The third kappa shape index (κ3) is 6.22. The Morgan fingerprint density at radius 1 is 0.632 bits per heavy atom. The van der Waals surface area contributed by atoms with Crippen molar-refractivity contribution in [1.29, 1.82) is 0 Å². The molecule has 1 aliphatic rings. The van der Waals surface area contributed by atoms with Crippen molar-refractivity contribution in [3.8, 4) is 0 Å². The molecule has 3 rings (SSSR count). The van der Waals surface area contributed by atoms with E-state index in [2.05, 4.69) is 60.3 Å². The van der Waals surface area contributed by atoms with Crippen molar-refractivity contribution in [2.75, 3.05) is 11.5 Å². The molecule has 2 aromatic carbocycles. The molecule has 0 amide bonds. The smallest absolute Gasteiger partial charge is 0.0122 e. The monoisotopic (exact) mass is 288 g/mol. The van der Waals surface area contributed by atoms with E-state index in [0.29, 0.717) is 0 Å². The largest absolute Gasteiger partial charge is 0.162 e. The van der Waals surface area contributed by atoms with Gasteiger partial charge in [-0.2, -0.15) is 11.8 Å². The average molecular weight is 288 g/mol. The van der Waals surface area contributed by atoms with Crippen LogP contribution in [0, 0.1) is 0 Å². The average Bonchev–Trinajstić information content (AvgIpc) is 2.52. The first-order valence-corrected chi connectivity index (χ1v) is 8.78. The molecule has 1 aliphatic heterocycles. The molecule has 2 aromatic rings. The predicted molar refractivity (Wildman–Crippen MR) is 88.2 cm³/mol. The van der Waals surface area contributed by atoms with Crippen LogP contribution in [0.4, 0.5) is 0 Å². The summed E-state index contributed by atoms with van der Waals surface area (Å²) in [4.78, 5) is 2.57. The molecule has 0 unspecified atom stereocenters. The van der Waals surface area contributed by atoms with Gasteiger partial charge >= 0.3 is 0 Å². The Balaban J connectivity index is 0.000000186. The van der Waals surface area contributed by atoms with Gasteiger partial charge in [0.25, 0.3) is 0 Å². The molecule has 0 aliphatic carbocycles. The second-order valence-corrected chi connectivity index (χ2v) is 6.77. The molecule has 0 atom stereocenters. The second kappa shape index (κ2) is 9.11. The lowest BCUT2D eigenvalue weighted by Crippen LogP contribution is -1.91. The lowest BCUT2D eigenvalue weighted by Gasteiger charge is -2.05. The summed E-state index contributed by atoms with van der Waals surface area (Å²) in [7, 11) is 0. The minimum absolute atomic E-state index is 1.29. The highest BCUT2D eigenvalue weighted by atomic mass is 32.2. The Labute approximate surface area is 125 Å². The van der Waals surface area contributed by atoms with Gasteiger partial charge in [0.05, 0.1) is 0 Å². The Morgan fingerprint density at radius 2 is 1.11 bits per heavy atom. The summed E-state index contributed by atoms with van der Waals surface area (Å²) in [6.45, 7) is 0. The first-order chi connectivity index (χ1) is 9.45. The first-order valence-electron chi connectivity index (χ1n) is 6.81. The highest BCUT2D eigenvalue weighted by Crippen LogP contribution is 2.26. The molecule has 100 valence electrons. The summed E-state index contributed by atoms with van der Waals surface area (Å²) in [5, 5.41) is 0. The summed E-state index contributed by atoms with van der Waals surface area (Å²) in [5.41, 5.74) is 0. The number of thioether (sulfide) groups is 1. The molecule has 0 spiro atoms. The Kier molecular flexibility index (Phi) is 6.97. The van der Waals surface area contributed by atoms with Gasteiger partial charge in [-0.15, -0.1) is 0 Å². The molecule has 1 saturated heterocycles. The van der Waals surface area contributed by atoms with Gasteiger partial charge in [-0.25, -0.2) is 0 Å². The molecule has 0 nitrogen and oxygen atoms in total. The molecule has 0 bridgehead atoms. The van der Waals surface area contributed by atoms with E-state index in [1.807, 2.05) is 12.1 Å². The van der Waals surface area contributed by atoms with Crippen LogP contribution in [-0.2, 0) is 0 Å². The van der Waals surface area contributed by atoms with Gasteiger partial charge in [0.15, 0.2) is 0 Å². The zero-order valence-electron chi connectivity index (χ0n) is 11.1. The van der Waals surface area contributed by atoms with Gasteiger partial charge < -0.3 is 0 Å². The van der Waals surface area contributed by atoms with E-state index in [9.17, 15) is 0 Å². The maximum atomic E-state index is 2.12. The fraction of sp³-hybridized carbons (Fsp3) is 0.294. The topological polar surface area (TPSA) is 0 Å². The van der Waals surface area contributed by atoms with Gasteiger partial charge in [-0.3, -0.25) is 0 Å². The van der Waals surface area contributed by atoms with Crippen molar-refractivity contribution in [1.82, 2.24) is 0 Å². The molecule has 0 aromatic heterocycles. The first kappa shape index (κ1) is 14.5. The van der Waals surface area contributed by atoms with Gasteiger partial charge in [-0.05, 0) is 48.6 Å². The predicted octanol–water partition coefficient (Wildman–Crippen LogP) is 5.74. The van der Waals surface area contributed by atoms with Crippen LogP contribution in [0.1, 0.15) is 19.3 Å². The van der Waals surface area contributed by atoms with Crippen LogP contribution in [0.5, 0.6) is 0 Å². The van der Waals surface area contributed by atoms with Crippen LogP contribution in [0.25, 0.3) is 0 Å². The van der Waals surface area contributed by atoms with E-state index in [-0.39, 0.29) is 0 Å². The van der Waals surface area contributed by atoms with Crippen molar-refractivity contribution in [3.05, 3.63) is 60.7 Å². The molecule has 1 heterocycles. The lowest BCUT2D eigenvalue weighted by molar-refractivity contribution is 0.764. The zero-order valence-corrected chi connectivity index (χ0v) is 12.8. The van der Waals surface area contributed by atoms with Gasteiger partial charge in [-0.1, -0.05) is 54.6 Å². The normalized spacial score (nSPS) is 14.3. The fourth-order valence-electron chi connectivity index (χ4n) is 1.80. The molecule has 19 heavy (non-hydrogen) atoms. The standard InChI is InChI=1S/C12H10S.C5H10S/c1-3-7-11(8-4-1)13-12-9-5-2-6-10-12;1-2-4-6-5-3-1/h1-10H;1-5H2. The zero-order chi connectivity index (χ0) is 13.2. The Bertz CT molecular complexity index is 386. The molecule has 2 heteroatoms. The van der Waals surface area contributed by atoms with Crippen molar-refractivity contribution in [2.24, 2.45) is 0 Å². The minimum atomic E-state index is 1.29. The van der Waals surface area contributed by atoms with E-state index >= 15 is 0 Å². The molecule has 0 N–H and O–H groups in total. The van der Waals surface area contributed by atoms with Crippen molar-refractivity contribution < 1.29 is 0 Å². The van der Waals surface area contributed by atoms with Gasteiger partial charge in [0, 0.05) is 9.79 Å². The van der Waals surface area contributed by atoms with Crippen LogP contribution < -0.4 is 0 Å². The second-order valence-electron chi connectivity index (χ2n) is 4.40. The third-order valence-electron chi connectivity index (χ3n) is 2.80. The van der Waals surface area contributed by atoms with Crippen LogP contribution in [0.15, 0.2) is 70.5 Å². The number of hydrogen-bond donors (Lipinski definition) is 0. The van der Waals surface area contributed by atoms with E-state index in [1.54, 1.807) is 11.8 Å². The highest BCUT2D eigenvalue weighted by Gasteiger charge is 1.95. The minimum Gasteiger partial charge on any atom is -0.162 e. The molecular formula is C17H20S2. The highest BCUT2D eigenvalue weighted by molar-refractivity contribution is 7.99. The maximum Gasteiger partial charge on any atom is 0.0122 e. The Morgan fingerprint density at radius 3 is 1.42 bits per heavy atom. The Hall–Kier alpha value is -0.860. The van der Waals surface area contributed by atoms with E-state index in [0.717, 1.165) is 0 Å². The number of benzene rings is 2. The van der Waals surface area contributed by atoms with Crippen LogP contribution in [0.3, 0.4) is 0 Å². The maximum absolute atomic E-state index is 2.12. The fourth-order valence-corrected chi connectivity index (χ4v) is 3.68. The van der Waals surface area contributed by atoms with Crippen LogP contribution in [-0.4, -0.2) is 11.5 Å². The van der Waals surface area contributed by atoms with Crippen molar-refractivity contribution in [3.63, 3.8) is 0 Å². The number of rotatable bonds is 2. The van der Waals surface area contributed by atoms with E-state index in [4.69, 9.17) is 0 Å². The van der Waals surface area contributed by atoms with Crippen molar-refractivity contribution >= 4 is 23.5 Å². The molecule has 0 saturated carbocycles. The van der Waals surface area contributed by atoms with E-state index < -0.39 is 0 Å².